The molecule has 1 heterocycles. The Bertz CT molecular complexity index is 1440. The van der Waals surface area contributed by atoms with Gasteiger partial charge in [0, 0.05) is 24.9 Å². The maximum Gasteiger partial charge on any atom is 0.328 e. The Morgan fingerprint density at radius 3 is 1.76 bits per heavy atom. The fourth-order valence-electron chi connectivity index (χ4n) is 4.73. The topological polar surface area (TPSA) is 392 Å². The number of amides is 6. The van der Waals surface area contributed by atoms with Crippen molar-refractivity contribution in [1.82, 2.24) is 41.9 Å². The summed E-state index contributed by atoms with van der Waals surface area (Å²) in [5.74, 6) is -7.50. The van der Waals surface area contributed by atoms with E-state index in [2.05, 4.69) is 46.9 Å². The number of aliphatic hydroxyl groups excluding tert-OH is 3. The SMILES string of the molecule is CC(C)C[C@H](NC(=O)[C@H](C)NC(=O)[C@@H](N)Cc1cnc[nH]1)C(=O)N[C@@H](CO)C(=O)N[C@@H](CO)C(=O)N[C@@H](CCCN=C(N)N)C(=O)N[C@H](C(=O)O)[C@@H](C)O. The number of carbonyl (C=O) groups is 7. The van der Waals surface area contributed by atoms with E-state index in [-0.39, 0.29) is 44.1 Å². The van der Waals surface area contributed by atoms with Crippen molar-refractivity contribution in [2.45, 2.75) is 102 Å². The van der Waals surface area contributed by atoms with Gasteiger partial charge in [-0.15, -0.1) is 0 Å². The molecule has 54 heavy (non-hydrogen) atoms. The molecule has 0 unspecified atom stereocenters. The zero-order chi connectivity index (χ0) is 41.1. The highest BCUT2D eigenvalue weighted by molar-refractivity contribution is 5.97. The number of aliphatic carboxylic acids is 1. The molecule has 0 saturated carbocycles. The van der Waals surface area contributed by atoms with E-state index >= 15 is 0 Å². The molecule has 17 N–H and O–H groups in total. The van der Waals surface area contributed by atoms with Crippen molar-refractivity contribution < 1.29 is 54.0 Å². The summed E-state index contributed by atoms with van der Waals surface area (Å²) in [4.78, 5) is 100.0. The van der Waals surface area contributed by atoms with Crippen LogP contribution in [0.15, 0.2) is 17.5 Å². The summed E-state index contributed by atoms with van der Waals surface area (Å²) in [6.45, 7) is 4.04. The van der Waals surface area contributed by atoms with E-state index in [9.17, 15) is 54.0 Å². The maximum absolute atomic E-state index is 13.3. The minimum atomic E-state index is -1.74. The molecule has 0 saturated heterocycles. The second-order valence-electron chi connectivity index (χ2n) is 12.9. The van der Waals surface area contributed by atoms with E-state index in [1.807, 2.05) is 0 Å². The summed E-state index contributed by atoms with van der Waals surface area (Å²) >= 11 is 0. The average Bonchev–Trinajstić information content (AvgIpc) is 3.61. The molecule has 0 aliphatic carbocycles. The zero-order valence-corrected chi connectivity index (χ0v) is 30.6. The van der Waals surface area contributed by atoms with Gasteiger partial charge in [0.2, 0.25) is 35.4 Å². The Balaban J connectivity index is 3.00. The van der Waals surface area contributed by atoms with Gasteiger partial charge in [0.05, 0.1) is 31.7 Å². The molecule has 1 aromatic heterocycles. The van der Waals surface area contributed by atoms with Crippen molar-refractivity contribution in [1.29, 1.82) is 0 Å². The normalized spacial score (nSPS) is 15.5. The van der Waals surface area contributed by atoms with Gasteiger partial charge in [-0.3, -0.25) is 33.8 Å². The zero-order valence-electron chi connectivity index (χ0n) is 30.6. The standard InChI is InChI=1S/C31H54N12O11/c1-14(2)8-20(40-24(47)15(3)38-25(48)18(32)9-17-10-35-13-37-17)27(50)41-22(12-45)29(52)42-21(11-44)28(51)39-19(6-5-7-36-31(33)34)26(49)43-23(16(4)46)30(53)54/h10,13-16,18-23,44-46H,5-9,11-12,32H2,1-4H3,(H,35,37)(H,38,48)(H,39,51)(H,40,47)(H,41,50)(H,42,52)(H,43,49)(H,53,54)(H4,33,34,36)/t15-,16+,18-,19-,20-,21-,22-,23-/m0/s1. The molecular weight excluding hydrogens is 716 g/mol. The lowest BCUT2D eigenvalue weighted by Gasteiger charge is -2.27. The maximum atomic E-state index is 13.3. The van der Waals surface area contributed by atoms with Crippen molar-refractivity contribution in [3.63, 3.8) is 0 Å². The van der Waals surface area contributed by atoms with Crippen LogP contribution in [-0.4, -0.2) is 146 Å². The van der Waals surface area contributed by atoms with E-state index in [0.29, 0.717) is 5.69 Å². The molecule has 0 spiro atoms. The van der Waals surface area contributed by atoms with Crippen LogP contribution in [0.2, 0.25) is 0 Å². The molecule has 23 nitrogen and oxygen atoms in total. The lowest BCUT2D eigenvalue weighted by Crippen LogP contribution is -2.61. The van der Waals surface area contributed by atoms with E-state index in [1.54, 1.807) is 13.8 Å². The third-order valence-corrected chi connectivity index (χ3v) is 7.68. The fraction of sp³-hybridized carbons (Fsp3) is 0.645. The highest BCUT2D eigenvalue weighted by Crippen LogP contribution is 2.07. The number of carbonyl (C=O) groups excluding carboxylic acids is 6. The van der Waals surface area contributed by atoms with Gasteiger partial charge >= 0.3 is 5.97 Å². The first-order chi connectivity index (χ1) is 25.3. The molecule has 0 aromatic carbocycles. The van der Waals surface area contributed by atoms with Crippen molar-refractivity contribution in [3.05, 3.63) is 18.2 Å². The summed E-state index contributed by atoms with van der Waals surface area (Å²) in [5, 5.41) is 52.8. The number of H-pyrrole nitrogens is 1. The lowest BCUT2D eigenvalue weighted by molar-refractivity contribution is -0.145. The largest absolute Gasteiger partial charge is 0.480 e. The predicted octanol–water partition coefficient (Wildman–Crippen LogP) is -6.24. The third-order valence-electron chi connectivity index (χ3n) is 7.68. The molecule has 0 aliphatic heterocycles. The van der Waals surface area contributed by atoms with Crippen LogP contribution in [0, 0.1) is 5.92 Å². The number of carboxylic acid groups (broad SMARTS) is 1. The molecular formula is C31H54N12O11. The van der Waals surface area contributed by atoms with Crippen molar-refractivity contribution >= 4 is 47.4 Å². The molecule has 1 aromatic rings. The first kappa shape index (κ1) is 46.6. The number of guanidine groups is 1. The quantitative estimate of drug-likeness (QED) is 0.0264. The summed E-state index contributed by atoms with van der Waals surface area (Å²) in [7, 11) is 0. The monoisotopic (exact) mass is 770 g/mol. The highest BCUT2D eigenvalue weighted by atomic mass is 16.4. The summed E-state index contributed by atoms with van der Waals surface area (Å²) in [5.41, 5.74) is 17.1. The van der Waals surface area contributed by atoms with Crippen LogP contribution >= 0.6 is 0 Å². The van der Waals surface area contributed by atoms with Gasteiger partial charge < -0.3 is 74.5 Å². The Kier molecular flexibility index (Phi) is 20.1. The summed E-state index contributed by atoms with van der Waals surface area (Å²) < 4.78 is 0. The van der Waals surface area contributed by atoms with Crippen molar-refractivity contribution in [2.24, 2.45) is 28.1 Å². The van der Waals surface area contributed by atoms with Gasteiger partial charge in [-0.1, -0.05) is 13.8 Å². The van der Waals surface area contributed by atoms with E-state index in [4.69, 9.17) is 17.2 Å². The van der Waals surface area contributed by atoms with Gasteiger partial charge in [-0.25, -0.2) is 9.78 Å². The Labute approximate surface area is 311 Å². The van der Waals surface area contributed by atoms with Crippen molar-refractivity contribution in [3.8, 4) is 0 Å². The summed E-state index contributed by atoms with van der Waals surface area (Å²) in [6.07, 6.45) is 1.56. The van der Waals surface area contributed by atoms with Gasteiger partial charge in [-0.2, -0.15) is 0 Å². The van der Waals surface area contributed by atoms with Gasteiger partial charge in [0.25, 0.3) is 0 Å². The van der Waals surface area contributed by atoms with E-state index in [1.165, 1.54) is 19.4 Å². The second-order valence-corrected chi connectivity index (χ2v) is 12.9. The first-order valence-corrected chi connectivity index (χ1v) is 17.0. The minimum Gasteiger partial charge on any atom is -0.480 e. The third kappa shape index (κ3) is 16.5. The van der Waals surface area contributed by atoms with Crippen LogP contribution in [0.4, 0.5) is 0 Å². The van der Waals surface area contributed by atoms with Crippen LogP contribution in [0.1, 0.15) is 52.7 Å². The van der Waals surface area contributed by atoms with Gasteiger partial charge in [-0.05, 0) is 39.0 Å². The number of aliphatic imine (C=N–C) groups is 1. The highest BCUT2D eigenvalue weighted by Gasteiger charge is 2.33. The van der Waals surface area contributed by atoms with Crippen LogP contribution in [0.25, 0.3) is 0 Å². The minimum absolute atomic E-state index is 0.0193. The van der Waals surface area contributed by atoms with Gasteiger partial charge in [0.1, 0.15) is 30.2 Å². The molecule has 8 atom stereocenters. The predicted molar refractivity (Wildman–Crippen MR) is 190 cm³/mol. The fourth-order valence-corrected chi connectivity index (χ4v) is 4.73. The van der Waals surface area contributed by atoms with Crippen LogP contribution < -0.4 is 49.1 Å². The first-order valence-electron chi connectivity index (χ1n) is 17.0. The molecule has 23 heteroatoms. The number of imidazole rings is 1. The molecule has 6 amide bonds. The van der Waals surface area contributed by atoms with Crippen LogP contribution in [0.3, 0.4) is 0 Å². The van der Waals surface area contributed by atoms with Crippen molar-refractivity contribution in [2.75, 3.05) is 19.8 Å². The summed E-state index contributed by atoms with van der Waals surface area (Å²) in [6, 6.07) is -10.0. The number of nitrogens with two attached hydrogens (primary N) is 3. The number of hydrogen-bond donors (Lipinski definition) is 14. The van der Waals surface area contributed by atoms with E-state index < -0.39 is 103 Å². The molecule has 0 bridgehead atoms. The molecule has 0 aliphatic rings. The number of aromatic amines is 1. The number of hydrogen-bond acceptors (Lipinski definition) is 13. The van der Waals surface area contributed by atoms with Crippen LogP contribution in [-0.2, 0) is 40.0 Å². The molecule has 0 radical (unpaired) electrons. The average molecular weight is 771 g/mol. The van der Waals surface area contributed by atoms with Crippen LogP contribution in [0.5, 0.6) is 0 Å². The smallest absolute Gasteiger partial charge is 0.328 e. The Hall–Kier alpha value is -5.39. The number of nitrogens with zero attached hydrogens (tertiary/aromatic N) is 2. The molecule has 0 fully saturated rings. The molecule has 1 rings (SSSR count). The number of nitrogens with one attached hydrogen (secondary N) is 7. The Morgan fingerprint density at radius 2 is 1.30 bits per heavy atom. The van der Waals surface area contributed by atoms with Gasteiger partial charge in [0.15, 0.2) is 12.0 Å². The van der Waals surface area contributed by atoms with E-state index in [0.717, 1.165) is 6.92 Å². The number of aliphatic hydroxyl groups is 3. The number of carboxylic acids is 1. The second kappa shape index (κ2) is 23.3. The molecule has 304 valence electrons. The number of rotatable bonds is 24. The Morgan fingerprint density at radius 1 is 0.778 bits per heavy atom. The lowest BCUT2D eigenvalue weighted by atomic mass is 10.0. The number of aromatic nitrogens is 2.